The van der Waals surface area contributed by atoms with E-state index < -0.39 is 5.97 Å². The molecule has 3 rings (SSSR count). The summed E-state index contributed by atoms with van der Waals surface area (Å²) in [4.78, 5) is 11.3. The molecule has 3 atom stereocenters. The standard InChI is InChI=1S/C26H34ClNO2/c1-5-23(20-9-10-22(27)17(2)15-20)28-24-8-6-7-19(18(24)3)11-13-26(4)14-12-21(16-26)25(29)30/h6-10,15,21,23,28H,5,11-14,16H2,1-4H3,(H,29,30). The van der Waals surface area contributed by atoms with E-state index in [1.54, 1.807) is 0 Å². The van der Waals surface area contributed by atoms with Crippen LogP contribution in [-0.4, -0.2) is 11.1 Å². The SMILES string of the molecule is CCC(Nc1cccc(CCC2(C)CCC(C(=O)O)C2)c1C)c1ccc(Cl)c(C)c1. The Kier molecular flexibility index (Phi) is 7.13. The van der Waals surface area contributed by atoms with Crippen LogP contribution in [0.2, 0.25) is 5.02 Å². The highest BCUT2D eigenvalue weighted by Crippen LogP contribution is 2.45. The largest absolute Gasteiger partial charge is 0.481 e. The minimum Gasteiger partial charge on any atom is -0.481 e. The summed E-state index contributed by atoms with van der Waals surface area (Å²) in [5.41, 5.74) is 6.30. The van der Waals surface area contributed by atoms with Gasteiger partial charge in [0.15, 0.2) is 0 Å². The molecule has 1 fully saturated rings. The zero-order valence-electron chi connectivity index (χ0n) is 18.6. The fourth-order valence-corrected chi connectivity index (χ4v) is 4.92. The van der Waals surface area contributed by atoms with Gasteiger partial charge in [-0.05, 0) is 92.2 Å². The van der Waals surface area contributed by atoms with Gasteiger partial charge in [0.25, 0.3) is 0 Å². The number of aryl methyl sites for hydroxylation is 2. The number of rotatable bonds is 8. The zero-order valence-corrected chi connectivity index (χ0v) is 19.4. The maximum atomic E-state index is 11.3. The molecule has 3 nitrogen and oxygen atoms in total. The Balaban J connectivity index is 1.71. The van der Waals surface area contributed by atoms with E-state index in [0.29, 0.717) is 0 Å². The fourth-order valence-electron chi connectivity index (χ4n) is 4.80. The fraction of sp³-hybridized carbons (Fsp3) is 0.500. The Morgan fingerprint density at radius 1 is 1.30 bits per heavy atom. The molecule has 0 heterocycles. The summed E-state index contributed by atoms with van der Waals surface area (Å²) in [7, 11) is 0. The van der Waals surface area contributed by atoms with E-state index in [1.165, 1.54) is 22.4 Å². The third-order valence-corrected chi connectivity index (χ3v) is 7.38. The number of aliphatic carboxylic acids is 1. The molecule has 0 spiro atoms. The van der Waals surface area contributed by atoms with Crippen molar-refractivity contribution in [1.82, 2.24) is 0 Å². The smallest absolute Gasteiger partial charge is 0.306 e. The first-order valence-electron chi connectivity index (χ1n) is 11.1. The third kappa shape index (κ3) is 5.18. The van der Waals surface area contributed by atoms with Crippen LogP contribution in [0.15, 0.2) is 36.4 Å². The predicted molar refractivity (Wildman–Crippen MR) is 125 cm³/mol. The van der Waals surface area contributed by atoms with Crippen molar-refractivity contribution in [3.05, 3.63) is 63.7 Å². The number of hydrogen-bond donors (Lipinski definition) is 2. The van der Waals surface area contributed by atoms with E-state index in [9.17, 15) is 9.90 Å². The summed E-state index contributed by atoms with van der Waals surface area (Å²) in [6.45, 7) is 8.68. The van der Waals surface area contributed by atoms with Gasteiger partial charge in [0.1, 0.15) is 0 Å². The lowest BCUT2D eigenvalue weighted by Crippen LogP contribution is -2.17. The molecule has 2 aromatic rings. The van der Waals surface area contributed by atoms with E-state index in [-0.39, 0.29) is 17.4 Å². The van der Waals surface area contributed by atoms with Gasteiger partial charge < -0.3 is 10.4 Å². The summed E-state index contributed by atoms with van der Waals surface area (Å²) in [5.74, 6) is -0.804. The summed E-state index contributed by atoms with van der Waals surface area (Å²) in [6.07, 6.45) is 5.63. The number of carboxylic acid groups (broad SMARTS) is 1. The van der Waals surface area contributed by atoms with Crippen LogP contribution in [0.5, 0.6) is 0 Å². The van der Waals surface area contributed by atoms with E-state index in [4.69, 9.17) is 11.6 Å². The lowest BCUT2D eigenvalue weighted by molar-refractivity contribution is -0.141. The summed E-state index contributed by atoms with van der Waals surface area (Å²) in [6, 6.07) is 13.0. The second-order valence-corrected chi connectivity index (χ2v) is 9.70. The highest BCUT2D eigenvalue weighted by Gasteiger charge is 2.38. The van der Waals surface area contributed by atoms with Crippen LogP contribution < -0.4 is 5.32 Å². The molecule has 2 aromatic carbocycles. The Hall–Kier alpha value is -2.00. The molecule has 0 aliphatic heterocycles. The maximum Gasteiger partial charge on any atom is 0.306 e. The Morgan fingerprint density at radius 3 is 2.70 bits per heavy atom. The van der Waals surface area contributed by atoms with Gasteiger partial charge in [0.2, 0.25) is 0 Å². The summed E-state index contributed by atoms with van der Waals surface area (Å²) >= 11 is 6.21. The van der Waals surface area contributed by atoms with Gasteiger partial charge in [0.05, 0.1) is 12.0 Å². The average Bonchev–Trinajstić information content (AvgIpc) is 3.11. The molecule has 3 unspecified atom stereocenters. The number of halogens is 1. The highest BCUT2D eigenvalue weighted by atomic mass is 35.5. The summed E-state index contributed by atoms with van der Waals surface area (Å²) < 4.78 is 0. The number of carboxylic acids is 1. The topological polar surface area (TPSA) is 49.3 Å². The molecular formula is C26H34ClNO2. The lowest BCUT2D eigenvalue weighted by atomic mass is 9.81. The molecule has 1 aliphatic rings. The second-order valence-electron chi connectivity index (χ2n) is 9.29. The summed E-state index contributed by atoms with van der Waals surface area (Å²) in [5, 5.41) is 13.9. The van der Waals surface area contributed by atoms with Crippen molar-refractivity contribution in [2.45, 2.75) is 72.3 Å². The van der Waals surface area contributed by atoms with Crippen LogP contribution >= 0.6 is 11.6 Å². The van der Waals surface area contributed by atoms with Gasteiger partial charge in [0, 0.05) is 10.7 Å². The zero-order chi connectivity index (χ0) is 21.9. The average molecular weight is 428 g/mol. The van der Waals surface area contributed by atoms with Crippen molar-refractivity contribution in [3.63, 3.8) is 0 Å². The monoisotopic (exact) mass is 427 g/mol. The quantitative estimate of drug-likeness (QED) is 0.463. The number of carbonyl (C=O) groups is 1. The normalized spacial score (nSPS) is 22.1. The van der Waals surface area contributed by atoms with E-state index in [0.717, 1.165) is 49.1 Å². The molecule has 1 saturated carbocycles. The van der Waals surface area contributed by atoms with E-state index in [1.807, 2.05) is 13.0 Å². The molecule has 0 aromatic heterocycles. The lowest BCUT2D eigenvalue weighted by Gasteiger charge is -2.25. The van der Waals surface area contributed by atoms with Crippen molar-refractivity contribution in [2.24, 2.45) is 11.3 Å². The molecule has 2 N–H and O–H groups in total. The van der Waals surface area contributed by atoms with Crippen LogP contribution in [0.3, 0.4) is 0 Å². The Morgan fingerprint density at radius 2 is 2.07 bits per heavy atom. The van der Waals surface area contributed by atoms with Crippen LogP contribution in [0.4, 0.5) is 5.69 Å². The van der Waals surface area contributed by atoms with E-state index in [2.05, 4.69) is 56.4 Å². The third-order valence-electron chi connectivity index (χ3n) is 6.95. The number of anilines is 1. The van der Waals surface area contributed by atoms with Crippen LogP contribution in [0.25, 0.3) is 0 Å². The molecule has 0 bridgehead atoms. The first-order valence-corrected chi connectivity index (χ1v) is 11.4. The molecule has 30 heavy (non-hydrogen) atoms. The van der Waals surface area contributed by atoms with Gasteiger partial charge in [-0.1, -0.05) is 49.7 Å². The second kappa shape index (κ2) is 9.43. The first-order chi connectivity index (χ1) is 14.2. The minimum atomic E-state index is -0.635. The van der Waals surface area contributed by atoms with Gasteiger partial charge >= 0.3 is 5.97 Å². The minimum absolute atomic E-state index is 0.131. The predicted octanol–water partition coefficient (Wildman–Crippen LogP) is 7.34. The highest BCUT2D eigenvalue weighted by molar-refractivity contribution is 6.31. The van der Waals surface area contributed by atoms with Crippen LogP contribution in [0.1, 0.15) is 74.2 Å². The van der Waals surface area contributed by atoms with Crippen LogP contribution in [0, 0.1) is 25.2 Å². The number of benzene rings is 2. The van der Waals surface area contributed by atoms with E-state index >= 15 is 0 Å². The Bertz CT molecular complexity index is 910. The number of hydrogen-bond acceptors (Lipinski definition) is 2. The van der Waals surface area contributed by atoms with Crippen molar-refractivity contribution < 1.29 is 9.90 Å². The number of nitrogens with one attached hydrogen (secondary N) is 1. The van der Waals surface area contributed by atoms with Crippen molar-refractivity contribution in [1.29, 1.82) is 0 Å². The first kappa shape index (κ1) is 22.7. The molecule has 0 radical (unpaired) electrons. The van der Waals surface area contributed by atoms with Gasteiger partial charge in [-0.3, -0.25) is 4.79 Å². The van der Waals surface area contributed by atoms with Crippen LogP contribution in [-0.2, 0) is 11.2 Å². The molecular weight excluding hydrogens is 394 g/mol. The van der Waals surface area contributed by atoms with Gasteiger partial charge in [-0.15, -0.1) is 0 Å². The molecule has 1 aliphatic carbocycles. The maximum absolute atomic E-state index is 11.3. The van der Waals surface area contributed by atoms with Gasteiger partial charge in [-0.2, -0.15) is 0 Å². The van der Waals surface area contributed by atoms with Gasteiger partial charge in [-0.25, -0.2) is 0 Å². The van der Waals surface area contributed by atoms with Crippen molar-refractivity contribution in [2.75, 3.05) is 5.32 Å². The molecule has 4 heteroatoms. The molecule has 162 valence electrons. The Labute approximate surface area is 185 Å². The van der Waals surface area contributed by atoms with Crippen molar-refractivity contribution in [3.8, 4) is 0 Å². The molecule has 0 saturated heterocycles. The molecule has 0 amide bonds. The van der Waals surface area contributed by atoms with Crippen molar-refractivity contribution >= 4 is 23.3 Å².